The molecular formula is C27H19ClN4O5. The van der Waals surface area contributed by atoms with E-state index >= 15 is 0 Å². The zero-order valence-electron chi connectivity index (χ0n) is 19.1. The minimum absolute atomic E-state index is 0.0995. The number of nitrogens with zero attached hydrogens (tertiary/aromatic N) is 2. The molecule has 0 bridgehead atoms. The number of hydrogen-bond acceptors (Lipinski definition) is 6. The molecule has 4 aromatic rings. The first kappa shape index (κ1) is 25.1. The third-order valence-corrected chi connectivity index (χ3v) is 5.31. The molecule has 0 aliphatic rings. The molecule has 4 rings (SSSR count). The summed E-state index contributed by atoms with van der Waals surface area (Å²) in [5.41, 5.74) is 3.78. The Labute approximate surface area is 216 Å². The maximum atomic E-state index is 12.9. The Morgan fingerprint density at radius 3 is 2.30 bits per heavy atom. The van der Waals surface area contributed by atoms with Crippen molar-refractivity contribution in [2.45, 2.75) is 0 Å². The summed E-state index contributed by atoms with van der Waals surface area (Å²) in [7, 11) is 0. The van der Waals surface area contributed by atoms with Crippen molar-refractivity contribution in [1.29, 1.82) is 0 Å². The standard InChI is InChI=1S/C27H19ClN4O5/c28-21-10-8-19(9-11-21)25-15-14-23(37-25)17-29-31-27(34)24(30-26(33)20-4-2-1-3-5-20)16-18-6-12-22(13-7-18)32(35)36/h1-17H,(H,30,33)(H,31,34)/b24-16-,29-17+. The average Bonchev–Trinajstić information content (AvgIpc) is 3.38. The number of non-ortho nitro benzene ring substituents is 1. The van der Waals surface area contributed by atoms with Gasteiger partial charge in [-0.25, -0.2) is 5.43 Å². The SMILES string of the molecule is O=C(N/N=C/c1ccc(-c2ccc(Cl)cc2)o1)/C(=C/c1ccc([N+](=O)[O-])cc1)NC(=O)c1ccccc1. The van der Waals surface area contributed by atoms with Gasteiger partial charge in [0.2, 0.25) is 0 Å². The lowest BCUT2D eigenvalue weighted by Gasteiger charge is -2.09. The van der Waals surface area contributed by atoms with Gasteiger partial charge in [0.05, 0.1) is 11.1 Å². The number of nitrogens with one attached hydrogen (secondary N) is 2. The third-order valence-electron chi connectivity index (χ3n) is 5.06. The summed E-state index contributed by atoms with van der Waals surface area (Å²) in [6, 6.07) is 24.4. The van der Waals surface area contributed by atoms with E-state index in [0.717, 1.165) is 5.56 Å². The first-order valence-corrected chi connectivity index (χ1v) is 11.3. The average molecular weight is 515 g/mol. The predicted octanol–water partition coefficient (Wildman–Crippen LogP) is 5.43. The second-order valence-electron chi connectivity index (χ2n) is 7.63. The monoisotopic (exact) mass is 514 g/mol. The number of nitro benzene ring substituents is 1. The van der Waals surface area contributed by atoms with Crippen LogP contribution in [0.25, 0.3) is 17.4 Å². The molecule has 9 nitrogen and oxygen atoms in total. The van der Waals surface area contributed by atoms with E-state index < -0.39 is 16.7 Å². The quantitative estimate of drug-likeness (QED) is 0.140. The molecule has 0 atom stereocenters. The molecule has 0 saturated heterocycles. The van der Waals surface area contributed by atoms with E-state index in [4.69, 9.17) is 16.0 Å². The van der Waals surface area contributed by atoms with Crippen molar-refractivity contribution in [1.82, 2.24) is 10.7 Å². The van der Waals surface area contributed by atoms with Crippen molar-refractivity contribution in [2.24, 2.45) is 5.10 Å². The number of nitro groups is 1. The zero-order chi connectivity index (χ0) is 26.2. The second kappa shape index (κ2) is 11.6. The number of benzene rings is 3. The van der Waals surface area contributed by atoms with Crippen LogP contribution in [0.1, 0.15) is 21.7 Å². The Hall–Kier alpha value is -5.02. The Morgan fingerprint density at radius 2 is 1.62 bits per heavy atom. The van der Waals surface area contributed by atoms with Gasteiger partial charge in [0.15, 0.2) is 0 Å². The minimum Gasteiger partial charge on any atom is -0.455 e. The third kappa shape index (κ3) is 6.77. The van der Waals surface area contributed by atoms with Crippen molar-refractivity contribution in [3.8, 4) is 11.3 Å². The maximum absolute atomic E-state index is 12.9. The number of amides is 2. The Balaban J connectivity index is 1.50. The van der Waals surface area contributed by atoms with Crippen molar-refractivity contribution >= 4 is 41.4 Å². The van der Waals surface area contributed by atoms with E-state index in [2.05, 4.69) is 15.8 Å². The molecule has 0 saturated carbocycles. The lowest BCUT2D eigenvalue weighted by molar-refractivity contribution is -0.384. The number of hydrazone groups is 1. The molecule has 2 amide bonds. The molecule has 0 aliphatic heterocycles. The van der Waals surface area contributed by atoms with Gasteiger partial charge in [0, 0.05) is 28.3 Å². The van der Waals surface area contributed by atoms with Gasteiger partial charge in [-0.3, -0.25) is 19.7 Å². The van der Waals surface area contributed by atoms with E-state index in [9.17, 15) is 19.7 Å². The van der Waals surface area contributed by atoms with Gasteiger partial charge in [-0.15, -0.1) is 0 Å². The number of halogens is 1. The number of furan rings is 1. The molecule has 0 radical (unpaired) electrons. The van der Waals surface area contributed by atoms with E-state index in [0.29, 0.717) is 27.7 Å². The Kier molecular flexibility index (Phi) is 7.87. The normalized spacial score (nSPS) is 11.3. The summed E-state index contributed by atoms with van der Waals surface area (Å²) in [5.74, 6) is -0.229. The maximum Gasteiger partial charge on any atom is 0.287 e. The summed E-state index contributed by atoms with van der Waals surface area (Å²) >= 11 is 5.92. The van der Waals surface area contributed by atoms with Crippen LogP contribution in [0.2, 0.25) is 5.02 Å². The van der Waals surface area contributed by atoms with Crippen molar-refractivity contribution in [2.75, 3.05) is 0 Å². The van der Waals surface area contributed by atoms with Crippen LogP contribution in [0.5, 0.6) is 0 Å². The summed E-state index contributed by atoms with van der Waals surface area (Å²) in [5, 5.41) is 18.0. The molecule has 3 aromatic carbocycles. The fraction of sp³-hybridized carbons (Fsp3) is 0. The van der Waals surface area contributed by atoms with Crippen LogP contribution in [-0.2, 0) is 4.79 Å². The van der Waals surface area contributed by atoms with Crippen LogP contribution < -0.4 is 10.7 Å². The number of rotatable bonds is 8. The highest BCUT2D eigenvalue weighted by molar-refractivity contribution is 6.30. The van der Waals surface area contributed by atoms with Crippen LogP contribution in [0.3, 0.4) is 0 Å². The number of carbonyl (C=O) groups is 2. The minimum atomic E-state index is -0.705. The molecule has 10 heteroatoms. The van der Waals surface area contributed by atoms with Crippen LogP contribution in [0, 0.1) is 10.1 Å². The summed E-state index contributed by atoms with van der Waals surface area (Å²) in [6.45, 7) is 0. The lowest BCUT2D eigenvalue weighted by Crippen LogP contribution is -2.32. The van der Waals surface area contributed by atoms with E-state index in [1.165, 1.54) is 36.6 Å². The molecular weight excluding hydrogens is 496 g/mol. The fourth-order valence-corrected chi connectivity index (χ4v) is 3.33. The molecule has 0 fully saturated rings. The van der Waals surface area contributed by atoms with Crippen LogP contribution in [0.15, 0.2) is 106 Å². The fourth-order valence-electron chi connectivity index (χ4n) is 3.21. The summed E-state index contributed by atoms with van der Waals surface area (Å²) < 4.78 is 5.72. The van der Waals surface area contributed by atoms with Crippen LogP contribution in [0.4, 0.5) is 5.69 Å². The Bertz CT molecular complexity index is 1480. The highest BCUT2D eigenvalue weighted by Gasteiger charge is 2.15. The van der Waals surface area contributed by atoms with Crippen LogP contribution in [-0.4, -0.2) is 23.0 Å². The first-order chi connectivity index (χ1) is 17.9. The smallest absolute Gasteiger partial charge is 0.287 e. The summed E-state index contributed by atoms with van der Waals surface area (Å²) in [4.78, 5) is 35.9. The molecule has 0 aliphatic carbocycles. The Morgan fingerprint density at radius 1 is 0.919 bits per heavy atom. The van der Waals surface area contributed by atoms with Gasteiger partial charge in [-0.05, 0) is 72.3 Å². The topological polar surface area (TPSA) is 127 Å². The van der Waals surface area contributed by atoms with Gasteiger partial charge >= 0.3 is 0 Å². The lowest BCUT2D eigenvalue weighted by atomic mass is 10.1. The molecule has 1 heterocycles. The first-order valence-electron chi connectivity index (χ1n) is 10.9. The summed E-state index contributed by atoms with van der Waals surface area (Å²) in [6.07, 6.45) is 2.71. The van der Waals surface area contributed by atoms with Gasteiger partial charge < -0.3 is 9.73 Å². The molecule has 0 unspecified atom stereocenters. The van der Waals surface area contributed by atoms with Crippen molar-refractivity contribution < 1.29 is 18.9 Å². The highest BCUT2D eigenvalue weighted by Crippen LogP contribution is 2.23. The molecule has 1 aromatic heterocycles. The number of carbonyl (C=O) groups excluding carboxylic acids is 2. The molecule has 0 spiro atoms. The molecule has 37 heavy (non-hydrogen) atoms. The predicted molar refractivity (Wildman–Crippen MR) is 140 cm³/mol. The second-order valence-corrected chi connectivity index (χ2v) is 8.07. The highest BCUT2D eigenvalue weighted by atomic mass is 35.5. The van der Waals surface area contributed by atoms with Gasteiger partial charge in [0.25, 0.3) is 17.5 Å². The number of hydrogen-bond donors (Lipinski definition) is 2. The van der Waals surface area contributed by atoms with Gasteiger partial charge in [0.1, 0.15) is 17.2 Å². The van der Waals surface area contributed by atoms with Gasteiger partial charge in [-0.2, -0.15) is 5.10 Å². The largest absolute Gasteiger partial charge is 0.455 e. The molecule has 2 N–H and O–H groups in total. The van der Waals surface area contributed by atoms with Crippen molar-refractivity contribution in [3.63, 3.8) is 0 Å². The van der Waals surface area contributed by atoms with Crippen molar-refractivity contribution in [3.05, 3.63) is 129 Å². The van der Waals surface area contributed by atoms with E-state index in [-0.39, 0.29) is 11.4 Å². The molecule has 184 valence electrons. The van der Waals surface area contributed by atoms with E-state index in [1.54, 1.807) is 54.6 Å². The zero-order valence-corrected chi connectivity index (χ0v) is 19.9. The van der Waals surface area contributed by atoms with Crippen LogP contribution >= 0.6 is 11.6 Å². The van der Waals surface area contributed by atoms with Gasteiger partial charge in [-0.1, -0.05) is 29.8 Å². The van der Waals surface area contributed by atoms with E-state index in [1.807, 2.05) is 12.1 Å².